The van der Waals surface area contributed by atoms with Gasteiger partial charge in [-0.05, 0) is 73.2 Å². The first-order valence-corrected chi connectivity index (χ1v) is 11.9. The molecule has 9 heteroatoms. The summed E-state index contributed by atoms with van der Waals surface area (Å²) in [5.41, 5.74) is 4.87. The van der Waals surface area contributed by atoms with Crippen molar-refractivity contribution in [2.45, 2.75) is 30.9 Å². The highest BCUT2D eigenvalue weighted by Gasteiger charge is 2.33. The normalized spacial score (nSPS) is 14.6. The van der Waals surface area contributed by atoms with Crippen LogP contribution in [0.25, 0.3) is 16.8 Å². The number of aryl methyl sites for hydroxylation is 1. The lowest BCUT2D eigenvalue weighted by molar-refractivity contribution is 0.124. The Morgan fingerprint density at radius 3 is 2.26 bits per heavy atom. The van der Waals surface area contributed by atoms with Gasteiger partial charge in [0.2, 0.25) is 0 Å². The van der Waals surface area contributed by atoms with Crippen molar-refractivity contribution in [3.05, 3.63) is 84.2 Å². The molecule has 0 bridgehead atoms. The largest absolute Gasteiger partial charge is 0.393 e. The van der Waals surface area contributed by atoms with Gasteiger partial charge in [0.1, 0.15) is 15.9 Å². The molecule has 2 atom stereocenters. The van der Waals surface area contributed by atoms with E-state index in [1.807, 2.05) is 56.4 Å². The topological polar surface area (TPSA) is 89.0 Å². The van der Waals surface area contributed by atoms with Crippen molar-refractivity contribution in [1.82, 2.24) is 24.5 Å². The zero-order chi connectivity index (χ0) is 24.3. The van der Waals surface area contributed by atoms with Crippen LogP contribution in [0.5, 0.6) is 0 Å². The first-order chi connectivity index (χ1) is 16.2. The summed E-state index contributed by atoms with van der Waals surface area (Å²) in [6.07, 6.45) is 5.20. The van der Waals surface area contributed by atoms with Crippen LogP contribution in [0.15, 0.2) is 67.1 Å². The molecule has 0 saturated carbocycles. The van der Waals surface area contributed by atoms with Crippen LogP contribution in [0.1, 0.15) is 30.9 Å². The van der Waals surface area contributed by atoms with Crippen molar-refractivity contribution in [2.75, 3.05) is 6.61 Å². The van der Waals surface area contributed by atoms with Crippen LogP contribution in [0.3, 0.4) is 0 Å². The van der Waals surface area contributed by atoms with E-state index in [2.05, 4.69) is 48.8 Å². The minimum Gasteiger partial charge on any atom is -0.393 e. The van der Waals surface area contributed by atoms with Crippen molar-refractivity contribution in [3.8, 4) is 28.0 Å². The number of hydrogen-bond donors (Lipinski definition) is 2. The van der Waals surface area contributed by atoms with Gasteiger partial charge in [0, 0.05) is 18.0 Å². The Kier molecular flexibility index (Phi) is 6.77. The van der Waals surface area contributed by atoms with Crippen LogP contribution < -0.4 is 0 Å². The summed E-state index contributed by atoms with van der Waals surface area (Å²) in [6.45, 7) is 5.17. The molecule has 0 fully saturated rings. The quantitative estimate of drug-likeness (QED) is 0.321. The Hall–Kier alpha value is -3.16. The number of nitrogens with zero attached hydrogens (tertiary/aromatic N) is 5. The van der Waals surface area contributed by atoms with E-state index in [1.165, 1.54) is 11.8 Å². The predicted molar refractivity (Wildman–Crippen MR) is 134 cm³/mol. The van der Waals surface area contributed by atoms with Crippen molar-refractivity contribution in [2.24, 2.45) is 0 Å². The Balaban J connectivity index is 1.47. The first-order valence-electron chi connectivity index (χ1n) is 10.6. The summed E-state index contributed by atoms with van der Waals surface area (Å²) in [4.78, 5) is 3.41. The lowest BCUT2D eigenvalue weighted by Crippen LogP contribution is -2.36. The van der Waals surface area contributed by atoms with Crippen LogP contribution in [0.2, 0.25) is 0 Å². The average molecular weight is 487 g/mol. The van der Waals surface area contributed by atoms with Gasteiger partial charge in [-0.25, -0.2) is 9.67 Å². The number of aliphatic hydroxyl groups is 2. The molecule has 2 aromatic carbocycles. The number of imidazole rings is 1. The zero-order valence-corrected chi connectivity index (χ0v) is 20.9. The van der Waals surface area contributed by atoms with Gasteiger partial charge in [0.15, 0.2) is 0 Å². The molecule has 3 radical (unpaired) electrons. The molecule has 0 amide bonds. The van der Waals surface area contributed by atoms with Crippen LogP contribution in [0.4, 0.5) is 0 Å². The van der Waals surface area contributed by atoms with Crippen LogP contribution >= 0.6 is 11.8 Å². The van der Waals surface area contributed by atoms with Gasteiger partial charge in [-0.1, -0.05) is 35.4 Å². The molecule has 4 rings (SSSR count). The molecule has 0 spiro atoms. The standard InChI is InChI=1S/C25H24N5O2SSi/c1-18-16-30(28-27-18)22-10-8-21(9-11-22)20-6-4-19(5-7-20)12-15-33-24(2,17-31)29-14-13-26-23(29)25(3,32)34/h4-11,13-14,16,31-32H,17H2,1-3H3/t24-,25?/m1/s1. The van der Waals surface area contributed by atoms with E-state index in [-0.39, 0.29) is 6.61 Å². The molecule has 2 N–H and O–H groups in total. The van der Waals surface area contributed by atoms with Crippen LogP contribution in [-0.4, -0.2) is 51.6 Å². The lowest BCUT2D eigenvalue weighted by atomic mass is 10.0. The van der Waals surface area contributed by atoms with Crippen LogP contribution in [0, 0.1) is 18.1 Å². The molecule has 4 aromatic rings. The SMILES string of the molecule is Cc1cn(-c2ccc(-c3ccc(C#CS[C@](C)(CO)n4ccnc4C(C)(O)[Si])cc3)cc2)nn1. The third-order valence-electron chi connectivity index (χ3n) is 5.30. The minimum atomic E-state index is -1.32. The predicted octanol–water partition coefficient (Wildman–Crippen LogP) is 3.18. The van der Waals surface area contributed by atoms with Gasteiger partial charge in [-0.3, -0.25) is 0 Å². The summed E-state index contributed by atoms with van der Waals surface area (Å²) in [7, 11) is 3.28. The number of rotatable bonds is 6. The first kappa shape index (κ1) is 24.0. The van der Waals surface area contributed by atoms with Gasteiger partial charge >= 0.3 is 0 Å². The van der Waals surface area contributed by atoms with Gasteiger partial charge in [0.05, 0.1) is 34.4 Å². The van der Waals surface area contributed by atoms with E-state index in [4.69, 9.17) is 0 Å². The fourth-order valence-corrected chi connectivity index (χ4v) is 4.31. The van der Waals surface area contributed by atoms with Crippen molar-refractivity contribution >= 4 is 22.0 Å². The molecule has 0 saturated heterocycles. The van der Waals surface area contributed by atoms with E-state index in [0.717, 1.165) is 28.1 Å². The Morgan fingerprint density at radius 1 is 1.06 bits per heavy atom. The fraction of sp³-hybridized carbons (Fsp3) is 0.240. The van der Waals surface area contributed by atoms with Crippen molar-refractivity contribution in [1.29, 1.82) is 0 Å². The van der Waals surface area contributed by atoms with E-state index < -0.39 is 10.1 Å². The second-order valence-electron chi connectivity index (χ2n) is 8.28. The third-order valence-corrected chi connectivity index (χ3v) is 6.50. The second-order valence-corrected chi connectivity index (χ2v) is 10.5. The third kappa shape index (κ3) is 5.16. The highest BCUT2D eigenvalue weighted by Crippen LogP contribution is 2.33. The fourth-order valence-electron chi connectivity index (χ4n) is 3.42. The number of aromatic nitrogens is 5. The average Bonchev–Trinajstić information content (AvgIpc) is 3.49. The Morgan fingerprint density at radius 2 is 1.71 bits per heavy atom. The van der Waals surface area contributed by atoms with E-state index in [0.29, 0.717) is 5.82 Å². The number of thioether (sulfide) groups is 1. The smallest absolute Gasteiger partial charge is 0.137 e. The van der Waals surface area contributed by atoms with Crippen molar-refractivity contribution in [3.63, 3.8) is 0 Å². The molecule has 0 aliphatic carbocycles. The molecule has 1 unspecified atom stereocenters. The van der Waals surface area contributed by atoms with E-state index >= 15 is 0 Å². The van der Waals surface area contributed by atoms with Gasteiger partial charge in [-0.2, -0.15) is 0 Å². The number of aliphatic hydroxyl groups excluding tert-OH is 1. The van der Waals surface area contributed by atoms with Crippen LogP contribution in [-0.2, 0) is 10.1 Å². The maximum Gasteiger partial charge on any atom is 0.137 e. The molecule has 2 heterocycles. The van der Waals surface area contributed by atoms with E-state index in [9.17, 15) is 10.2 Å². The maximum atomic E-state index is 10.3. The summed E-state index contributed by atoms with van der Waals surface area (Å²) in [6, 6.07) is 16.1. The molecule has 2 aromatic heterocycles. The molecule has 0 aliphatic heterocycles. The number of benzene rings is 2. The Labute approximate surface area is 206 Å². The minimum absolute atomic E-state index is 0.179. The van der Waals surface area contributed by atoms with Gasteiger partial charge in [0.25, 0.3) is 0 Å². The Bertz CT molecular complexity index is 1330. The monoisotopic (exact) mass is 486 g/mol. The molecule has 0 aliphatic rings. The lowest BCUT2D eigenvalue weighted by Gasteiger charge is -2.30. The summed E-state index contributed by atoms with van der Waals surface area (Å²) in [5.74, 6) is 3.53. The second kappa shape index (κ2) is 9.60. The zero-order valence-electron chi connectivity index (χ0n) is 19.1. The molecule has 34 heavy (non-hydrogen) atoms. The molecular formula is C25H24N5O2SSi. The summed E-state index contributed by atoms with van der Waals surface area (Å²) in [5, 5.41) is 30.3. The molecule has 7 nitrogen and oxygen atoms in total. The van der Waals surface area contributed by atoms with E-state index in [1.54, 1.807) is 28.6 Å². The highest BCUT2D eigenvalue weighted by atomic mass is 32.2. The maximum absolute atomic E-state index is 10.3. The molecule has 171 valence electrons. The number of hydrogen-bond acceptors (Lipinski definition) is 6. The highest BCUT2D eigenvalue weighted by molar-refractivity contribution is 8.04. The van der Waals surface area contributed by atoms with Gasteiger partial charge < -0.3 is 14.8 Å². The van der Waals surface area contributed by atoms with Crippen molar-refractivity contribution < 1.29 is 10.2 Å². The van der Waals surface area contributed by atoms with Gasteiger partial charge in [-0.15, -0.1) is 5.10 Å². The molecular weight excluding hydrogens is 462 g/mol. The summed E-state index contributed by atoms with van der Waals surface area (Å²) < 4.78 is 3.48. The summed E-state index contributed by atoms with van der Waals surface area (Å²) >= 11 is 1.27.